The highest BCUT2D eigenvalue weighted by atomic mass is 16.5. The topological polar surface area (TPSA) is 38.3 Å². The molecule has 1 aliphatic carbocycles. The van der Waals surface area contributed by atoms with Crippen molar-refractivity contribution in [3.63, 3.8) is 0 Å². The third-order valence-corrected chi connectivity index (χ3v) is 4.10. The summed E-state index contributed by atoms with van der Waals surface area (Å²) in [6.07, 6.45) is 4.17. The van der Waals surface area contributed by atoms with Crippen molar-refractivity contribution >= 4 is 5.91 Å². The van der Waals surface area contributed by atoms with E-state index in [0.29, 0.717) is 6.04 Å². The van der Waals surface area contributed by atoms with Gasteiger partial charge >= 0.3 is 0 Å². The molecule has 1 aromatic rings. The van der Waals surface area contributed by atoms with Crippen LogP contribution in [0, 0.1) is 0 Å². The molecule has 1 amide bonds. The van der Waals surface area contributed by atoms with Gasteiger partial charge in [-0.2, -0.15) is 0 Å². The fourth-order valence-electron chi connectivity index (χ4n) is 2.68. The number of carbonyl (C=O) groups excluding carboxylic acids is 1. The van der Waals surface area contributed by atoms with E-state index >= 15 is 0 Å². The second-order valence-corrected chi connectivity index (χ2v) is 7.02. The average Bonchev–Trinajstić information content (AvgIpc) is 2.91. The molecule has 0 bridgehead atoms. The van der Waals surface area contributed by atoms with E-state index in [2.05, 4.69) is 38.2 Å². The minimum atomic E-state index is -0.453. The molecular formula is C18H27NO2. The molecule has 2 rings (SSSR count). The normalized spacial score (nSPS) is 17.5. The van der Waals surface area contributed by atoms with Crippen LogP contribution in [0.3, 0.4) is 0 Å². The molecule has 3 nitrogen and oxygen atoms in total. The van der Waals surface area contributed by atoms with Gasteiger partial charge in [0.25, 0.3) is 5.91 Å². The van der Waals surface area contributed by atoms with Crippen molar-refractivity contribution in [1.82, 2.24) is 5.32 Å². The van der Waals surface area contributed by atoms with Crippen LogP contribution in [0.15, 0.2) is 24.3 Å². The molecule has 0 spiro atoms. The van der Waals surface area contributed by atoms with Crippen LogP contribution in [0.2, 0.25) is 0 Å². The van der Waals surface area contributed by atoms with Crippen LogP contribution in [0.5, 0.6) is 5.75 Å². The Kier molecular flexibility index (Phi) is 4.92. The van der Waals surface area contributed by atoms with E-state index in [1.807, 2.05) is 19.1 Å². The molecule has 0 radical (unpaired) electrons. The number of ether oxygens (including phenoxy) is 1. The van der Waals surface area contributed by atoms with Crippen LogP contribution in [0.4, 0.5) is 0 Å². The summed E-state index contributed by atoms with van der Waals surface area (Å²) in [4.78, 5) is 12.1. The van der Waals surface area contributed by atoms with Crippen molar-refractivity contribution in [2.75, 3.05) is 0 Å². The predicted octanol–water partition coefficient (Wildman–Crippen LogP) is 3.81. The van der Waals surface area contributed by atoms with Crippen LogP contribution < -0.4 is 10.1 Å². The predicted molar refractivity (Wildman–Crippen MR) is 85.6 cm³/mol. The zero-order valence-corrected chi connectivity index (χ0v) is 13.6. The highest BCUT2D eigenvalue weighted by molar-refractivity contribution is 5.81. The summed E-state index contributed by atoms with van der Waals surface area (Å²) in [5, 5.41) is 3.07. The Bertz CT molecular complexity index is 467. The lowest BCUT2D eigenvalue weighted by Gasteiger charge is -2.21. The fourth-order valence-corrected chi connectivity index (χ4v) is 2.68. The maximum Gasteiger partial charge on any atom is 0.260 e. The Labute approximate surface area is 128 Å². The summed E-state index contributed by atoms with van der Waals surface area (Å²) in [5.41, 5.74) is 1.39. The molecular weight excluding hydrogens is 262 g/mol. The molecule has 1 saturated carbocycles. The minimum Gasteiger partial charge on any atom is -0.481 e. The number of amides is 1. The highest BCUT2D eigenvalue weighted by Gasteiger charge is 2.21. The number of nitrogens with one attached hydrogen (secondary N) is 1. The molecule has 1 aliphatic rings. The number of hydrogen-bond donors (Lipinski definition) is 1. The first kappa shape index (κ1) is 15.9. The summed E-state index contributed by atoms with van der Waals surface area (Å²) >= 11 is 0. The number of carbonyl (C=O) groups is 1. The van der Waals surface area contributed by atoms with Gasteiger partial charge in [-0.1, -0.05) is 45.7 Å². The molecule has 0 aromatic heterocycles. The van der Waals surface area contributed by atoms with Crippen molar-refractivity contribution in [3.05, 3.63) is 29.8 Å². The number of rotatable bonds is 4. The van der Waals surface area contributed by atoms with E-state index in [0.717, 1.165) is 18.6 Å². The van der Waals surface area contributed by atoms with E-state index < -0.39 is 6.10 Å². The van der Waals surface area contributed by atoms with Gasteiger partial charge in [-0.15, -0.1) is 0 Å². The minimum absolute atomic E-state index is 0.0122. The first-order chi connectivity index (χ1) is 9.86. The second kappa shape index (κ2) is 6.50. The summed E-state index contributed by atoms with van der Waals surface area (Å²) < 4.78 is 5.74. The van der Waals surface area contributed by atoms with Gasteiger partial charge in [0.1, 0.15) is 5.75 Å². The van der Waals surface area contributed by atoms with Crippen LogP contribution in [-0.4, -0.2) is 18.1 Å². The second-order valence-electron chi connectivity index (χ2n) is 7.02. The maximum absolute atomic E-state index is 12.1. The van der Waals surface area contributed by atoms with Crippen molar-refractivity contribution < 1.29 is 9.53 Å². The Morgan fingerprint density at radius 1 is 1.19 bits per heavy atom. The van der Waals surface area contributed by atoms with Crippen LogP contribution in [0.1, 0.15) is 58.9 Å². The van der Waals surface area contributed by atoms with Crippen molar-refractivity contribution in [2.45, 2.75) is 70.9 Å². The zero-order chi connectivity index (χ0) is 15.5. The van der Waals surface area contributed by atoms with Gasteiger partial charge in [-0.25, -0.2) is 0 Å². The Morgan fingerprint density at radius 2 is 1.76 bits per heavy atom. The highest BCUT2D eigenvalue weighted by Crippen LogP contribution is 2.24. The molecule has 1 N–H and O–H groups in total. The monoisotopic (exact) mass is 289 g/mol. The lowest BCUT2D eigenvalue weighted by molar-refractivity contribution is -0.127. The van der Waals surface area contributed by atoms with Crippen molar-refractivity contribution in [1.29, 1.82) is 0 Å². The Balaban J connectivity index is 1.89. The molecule has 0 heterocycles. The first-order valence-electron chi connectivity index (χ1n) is 7.94. The van der Waals surface area contributed by atoms with E-state index in [1.165, 1.54) is 18.4 Å². The third kappa shape index (κ3) is 4.48. The van der Waals surface area contributed by atoms with E-state index in [-0.39, 0.29) is 11.3 Å². The van der Waals surface area contributed by atoms with Gasteiger partial charge in [0.05, 0.1) is 0 Å². The van der Waals surface area contributed by atoms with Gasteiger partial charge in [0, 0.05) is 6.04 Å². The van der Waals surface area contributed by atoms with Gasteiger partial charge in [-0.3, -0.25) is 4.79 Å². The standard InChI is InChI=1S/C18H27NO2/c1-13(17(20)19-15-7-5-6-8-15)21-16-11-9-14(10-12-16)18(2,3)4/h9-13,15H,5-8H2,1-4H3,(H,19,20). The number of benzene rings is 1. The summed E-state index contributed by atoms with van der Waals surface area (Å²) in [6.45, 7) is 8.35. The van der Waals surface area contributed by atoms with Crippen LogP contribution in [-0.2, 0) is 10.2 Å². The summed E-state index contributed by atoms with van der Waals surface area (Å²) in [7, 11) is 0. The third-order valence-electron chi connectivity index (χ3n) is 4.10. The molecule has 1 fully saturated rings. The Morgan fingerprint density at radius 3 is 2.29 bits per heavy atom. The molecule has 116 valence electrons. The SMILES string of the molecule is CC(Oc1ccc(C(C)(C)C)cc1)C(=O)NC1CCCC1. The van der Waals surface area contributed by atoms with Gasteiger partial charge in [0.2, 0.25) is 0 Å². The molecule has 1 unspecified atom stereocenters. The quantitative estimate of drug-likeness (QED) is 0.915. The van der Waals surface area contributed by atoms with Gasteiger partial charge in [-0.05, 0) is 42.9 Å². The lowest BCUT2D eigenvalue weighted by atomic mass is 9.87. The largest absolute Gasteiger partial charge is 0.481 e. The molecule has 0 aliphatic heterocycles. The van der Waals surface area contributed by atoms with Crippen LogP contribution in [0.25, 0.3) is 0 Å². The zero-order valence-electron chi connectivity index (χ0n) is 13.6. The van der Waals surface area contributed by atoms with E-state index in [1.54, 1.807) is 0 Å². The molecule has 3 heteroatoms. The van der Waals surface area contributed by atoms with Crippen molar-refractivity contribution in [3.8, 4) is 5.75 Å². The van der Waals surface area contributed by atoms with Gasteiger partial charge in [0.15, 0.2) is 6.10 Å². The summed E-state index contributed by atoms with van der Waals surface area (Å²) in [6, 6.07) is 8.36. The van der Waals surface area contributed by atoms with Gasteiger partial charge < -0.3 is 10.1 Å². The number of hydrogen-bond acceptors (Lipinski definition) is 2. The molecule has 1 atom stereocenters. The van der Waals surface area contributed by atoms with Crippen molar-refractivity contribution in [2.24, 2.45) is 0 Å². The van der Waals surface area contributed by atoms with Crippen LogP contribution >= 0.6 is 0 Å². The van der Waals surface area contributed by atoms with E-state index in [9.17, 15) is 4.79 Å². The fraction of sp³-hybridized carbons (Fsp3) is 0.611. The molecule has 0 saturated heterocycles. The smallest absolute Gasteiger partial charge is 0.260 e. The first-order valence-corrected chi connectivity index (χ1v) is 7.94. The van der Waals surface area contributed by atoms with E-state index in [4.69, 9.17) is 4.74 Å². The average molecular weight is 289 g/mol. The maximum atomic E-state index is 12.1. The molecule has 1 aromatic carbocycles. The lowest BCUT2D eigenvalue weighted by Crippen LogP contribution is -2.41. The molecule has 21 heavy (non-hydrogen) atoms. The Hall–Kier alpha value is -1.51. The summed E-state index contributed by atoms with van der Waals surface area (Å²) in [5.74, 6) is 0.735.